The van der Waals surface area contributed by atoms with Crippen molar-refractivity contribution in [2.24, 2.45) is 4.99 Å². The lowest BCUT2D eigenvalue weighted by molar-refractivity contribution is -0.137. The molecule has 0 aliphatic carbocycles. The van der Waals surface area contributed by atoms with Gasteiger partial charge in [0.1, 0.15) is 5.75 Å². The molecule has 0 spiro atoms. The first-order valence-corrected chi connectivity index (χ1v) is 9.35. The number of carbonyl (C=O) groups excluding carboxylic acids is 1. The lowest BCUT2D eigenvalue weighted by Gasteiger charge is -2.08. The van der Waals surface area contributed by atoms with Gasteiger partial charge in [-0.3, -0.25) is 4.79 Å². The van der Waals surface area contributed by atoms with Gasteiger partial charge in [0.15, 0.2) is 5.17 Å². The Hall–Kier alpha value is -2.45. The van der Waals surface area contributed by atoms with Crippen LogP contribution in [0.2, 0.25) is 5.02 Å². The summed E-state index contributed by atoms with van der Waals surface area (Å²) in [5.74, 6) is 0.329. The van der Waals surface area contributed by atoms with Crippen LogP contribution in [-0.2, 0) is 11.0 Å². The highest BCUT2D eigenvalue weighted by Gasteiger charge is 2.31. The summed E-state index contributed by atoms with van der Waals surface area (Å²) in [5, 5.41) is 2.74. The molecule has 0 radical (unpaired) electrons. The van der Waals surface area contributed by atoms with Gasteiger partial charge in [-0.2, -0.15) is 13.2 Å². The SMILES string of the molecule is CCOc1ccc(C=C2SC(=Nc3cc(C(F)(F)F)ccc3Cl)NC2=O)cc1. The minimum absolute atomic E-state index is 0.0549. The molecule has 0 unspecified atom stereocenters. The van der Waals surface area contributed by atoms with E-state index in [9.17, 15) is 18.0 Å². The van der Waals surface area contributed by atoms with Crippen molar-refractivity contribution in [3.8, 4) is 5.75 Å². The number of alkyl halides is 3. The highest BCUT2D eigenvalue weighted by Crippen LogP contribution is 2.36. The lowest BCUT2D eigenvalue weighted by atomic mass is 10.2. The normalized spacial score (nSPS) is 17.2. The Morgan fingerprint density at radius 3 is 2.57 bits per heavy atom. The van der Waals surface area contributed by atoms with Gasteiger partial charge in [-0.25, -0.2) is 4.99 Å². The number of thioether (sulfide) groups is 1. The monoisotopic (exact) mass is 426 g/mol. The van der Waals surface area contributed by atoms with Crippen LogP contribution in [0.1, 0.15) is 18.1 Å². The van der Waals surface area contributed by atoms with Crippen LogP contribution in [0.4, 0.5) is 18.9 Å². The first kappa shape index (κ1) is 20.3. The van der Waals surface area contributed by atoms with Crippen molar-refractivity contribution >= 4 is 46.2 Å². The molecule has 0 saturated carbocycles. The summed E-state index contributed by atoms with van der Waals surface area (Å²) >= 11 is 6.97. The number of amidine groups is 1. The van der Waals surface area contributed by atoms with Crippen molar-refractivity contribution in [1.29, 1.82) is 0 Å². The van der Waals surface area contributed by atoms with Gasteiger partial charge in [-0.15, -0.1) is 0 Å². The van der Waals surface area contributed by atoms with Crippen molar-refractivity contribution < 1.29 is 22.7 Å². The molecule has 0 bridgehead atoms. The van der Waals surface area contributed by atoms with Gasteiger partial charge < -0.3 is 10.1 Å². The molecule has 146 valence electrons. The highest BCUT2D eigenvalue weighted by molar-refractivity contribution is 8.18. The molecule has 28 heavy (non-hydrogen) atoms. The Bertz CT molecular complexity index is 957. The standard InChI is InChI=1S/C19H14ClF3N2O2S/c1-2-27-13-6-3-11(4-7-13)9-16-17(26)25-18(28-16)24-15-10-12(19(21,22)23)5-8-14(15)20/h3-10H,2H2,1H3,(H,24,25,26). The van der Waals surface area contributed by atoms with Gasteiger partial charge in [0, 0.05) is 0 Å². The lowest BCUT2D eigenvalue weighted by Crippen LogP contribution is -2.19. The van der Waals surface area contributed by atoms with Crippen LogP contribution in [-0.4, -0.2) is 17.7 Å². The summed E-state index contributed by atoms with van der Waals surface area (Å²) in [5.41, 5.74) is -0.156. The smallest absolute Gasteiger partial charge is 0.416 e. The van der Waals surface area contributed by atoms with Gasteiger partial charge >= 0.3 is 6.18 Å². The average Bonchev–Trinajstić information content (AvgIpc) is 2.97. The highest BCUT2D eigenvalue weighted by atomic mass is 35.5. The number of hydrogen-bond donors (Lipinski definition) is 1. The van der Waals surface area contributed by atoms with E-state index in [1.807, 2.05) is 6.92 Å². The second kappa shape index (κ2) is 8.28. The van der Waals surface area contributed by atoms with Crippen molar-refractivity contribution in [3.05, 3.63) is 63.5 Å². The van der Waals surface area contributed by atoms with Crippen LogP contribution in [0.5, 0.6) is 5.75 Å². The molecule has 1 heterocycles. The summed E-state index contributed by atoms with van der Waals surface area (Å²) < 4.78 is 44.0. The van der Waals surface area contributed by atoms with Crippen LogP contribution in [0, 0.1) is 0 Å². The van der Waals surface area contributed by atoms with E-state index in [2.05, 4.69) is 10.3 Å². The maximum absolute atomic E-state index is 12.9. The number of carbonyl (C=O) groups is 1. The molecule has 4 nitrogen and oxygen atoms in total. The number of halogens is 4. The molecule has 2 aromatic rings. The third-order valence-electron chi connectivity index (χ3n) is 3.64. The zero-order valence-corrected chi connectivity index (χ0v) is 16.1. The average molecular weight is 427 g/mol. The maximum atomic E-state index is 12.9. The van der Waals surface area contributed by atoms with Crippen molar-refractivity contribution in [2.45, 2.75) is 13.1 Å². The molecule has 9 heteroatoms. The predicted octanol–water partition coefficient (Wildman–Crippen LogP) is 5.65. The number of rotatable bonds is 4. The van der Waals surface area contributed by atoms with E-state index in [0.29, 0.717) is 11.5 Å². The molecule has 1 aliphatic rings. The number of ether oxygens (including phenoxy) is 1. The zero-order valence-electron chi connectivity index (χ0n) is 14.5. The second-order valence-electron chi connectivity index (χ2n) is 5.65. The maximum Gasteiger partial charge on any atom is 0.416 e. The fraction of sp³-hybridized carbons (Fsp3) is 0.158. The van der Waals surface area contributed by atoms with Gasteiger partial charge in [-0.1, -0.05) is 23.7 Å². The van der Waals surface area contributed by atoms with E-state index in [1.165, 1.54) is 0 Å². The predicted molar refractivity (Wildman–Crippen MR) is 105 cm³/mol. The van der Waals surface area contributed by atoms with Gasteiger partial charge in [0.2, 0.25) is 0 Å². The molecule has 1 fully saturated rings. The molecule has 1 saturated heterocycles. The minimum atomic E-state index is -4.51. The largest absolute Gasteiger partial charge is 0.494 e. The molecule has 0 atom stereocenters. The van der Waals surface area contributed by atoms with E-state index in [0.717, 1.165) is 41.3 Å². The first-order chi connectivity index (χ1) is 13.3. The van der Waals surface area contributed by atoms with Crippen LogP contribution in [0.25, 0.3) is 6.08 Å². The van der Waals surface area contributed by atoms with Gasteiger partial charge in [0.25, 0.3) is 5.91 Å². The van der Waals surface area contributed by atoms with Gasteiger partial charge in [0.05, 0.1) is 27.8 Å². The van der Waals surface area contributed by atoms with E-state index in [-0.39, 0.29) is 21.8 Å². The molecular weight excluding hydrogens is 413 g/mol. The Labute approximate surface area is 168 Å². The Kier molecular flexibility index (Phi) is 6.00. The minimum Gasteiger partial charge on any atom is -0.494 e. The van der Waals surface area contributed by atoms with E-state index < -0.39 is 11.7 Å². The summed E-state index contributed by atoms with van der Waals surface area (Å²) in [6.07, 6.45) is -2.85. The number of amides is 1. The molecular formula is C19H14ClF3N2O2S. The number of nitrogens with one attached hydrogen (secondary N) is 1. The summed E-state index contributed by atoms with van der Waals surface area (Å²) in [6, 6.07) is 10.0. The van der Waals surface area contributed by atoms with E-state index in [1.54, 1.807) is 30.3 Å². The van der Waals surface area contributed by atoms with Crippen molar-refractivity contribution in [2.75, 3.05) is 6.61 Å². The summed E-state index contributed by atoms with van der Waals surface area (Å²) in [6.45, 7) is 2.43. The topological polar surface area (TPSA) is 50.7 Å². The molecule has 0 aromatic heterocycles. The first-order valence-electron chi connectivity index (χ1n) is 8.15. The summed E-state index contributed by atoms with van der Waals surface area (Å²) in [4.78, 5) is 16.6. The number of nitrogens with zero attached hydrogens (tertiary/aromatic N) is 1. The summed E-state index contributed by atoms with van der Waals surface area (Å²) in [7, 11) is 0. The van der Waals surface area contributed by atoms with Crippen molar-refractivity contribution in [3.63, 3.8) is 0 Å². The Morgan fingerprint density at radius 2 is 1.93 bits per heavy atom. The quantitative estimate of drug-likeness (QED) is 0.643. The van der Waals surface area contributed by atoms with Crippen LogP contribution in [0.3, 0.4) is 0 Å². The third-order valence-corrected chi connectivity index (χ3v) is 4.86. The van der Waals surface area contributed by atoms with Crippen LogP contribution >= 0.6 is 23.4 Å². The molecule has 3 rings (SSSR count). The number of hydrogen-bond acceptors (Lipinski definition) is 4. The Morgan fingerprint density at radius 1 is 1.21 bits per heavy atom. The van der Waals surface area contributed by atoms with E-state index >= 15 is 0 Å². The molecule has 1 amide bonds. The van der Waals surface area contributed by atoms with Crippen molar-refractivity contribution in [1.82, 2.24) is 5.32 Å². The third kappa shape index (κ3) is 4.88. The molecule has 2 aromatic carbocycles. The Balaban J connectivity index is 1.82. The second-order valence-corrected chi connectivity index (χ2v) is 7.09. The fourth-order valence-corrected chi connectivity index (χ4v) is 3.34. The fourth-order valence-electron chi connectivity index (χ4n) is 2.34. The van der Waals surface area contributed by atoms with E-state index in [4.69, 9.17) is 16.3 Å². The number of benzene rings is 2. The van der Waals surface area contributed by atoms with Crippen LogP contribution in [0.15, 0.2) is 52.4 Å². The number of aliphatic imine (C=N–C) groups is 1. The van der Waals surface area contributed by atoms with Gasteiger partial charge in [-0.05, 0) is 60.7 Å². The van der Waals surface area contributed by atoms with Crippen LogP contribution < -0.4 is 10.1 Å². The zero-order chi connectivity index (χ0) is 20.3. The molecule has 1 aliphatic heterocycles. The molecule has 1 N–H and O–H groups in total.